The first kappa shape index (κ1) is 33.5. The Kier molecular flexibility index (Phi) is 12.2. The van der Waals surface area contributed by atoms with E-state index in [2.05, 4.69) is 21.3 Å². The molecule has 8 N–H and O–H groups in total. The number of likely N-dealkylation sites (tertiary alicyclic amines) is 1. The number of nitrogens with one attached hydrogen (secondary N) is 4. The number of amides is 5. The Morgan fingerprint density at radius 1 is 0.864 bits per heavy atom. The number of carboxylic acids is 1. The lowest BCUT2D eigenvalue weighted by Crippen LogP contribution is -2.56. The van der Waals surface area contributed by atoms with Crippen molar-refractivity contribution >= 4 is 35.5 Å². The van der Waals surface area contributed by atoms with E-state index in [0.717, 1.165) is 11.1 Å². The second-order valence-electron chi connectivity index (χ2n) is 10.5. The number of rotatable bonds is 14. The molecule has 2 aromatic carbocycles. The number of nitrogens with two attached hydrogens (primary N) is 1. The van der Waals surface area contributed by atoms with Crippen molar-refractivity contribution in [1.82, 2.24) is 26.2 Å². The number of phenolic OH excluding ortho intramolecular Hbond substituents is 1. The first-order valence-electron chi connectivity index (χ1n) is 14.2. The molecule has 5 amide bonds. The number of carbonyl (C=O) groups is 6. The molecule has 14 heteroatoms. The van der Waals surface area contributed by atoms with Crippen molar-refractivity contribution in [2.24, 2.45) is 5.73 Å². The Bertz CT molecular complexity index is 1340. The SMILES string of the molecule is C[C@H](NC(=O)[C@H](Cc1ccccc1)NC(=O)CNC(=O)CNC(=O)[C@@H](N)Cc1ccc(O)cc1)C(=O)N1CCC[C@H]1C(=O)O. The van der Waals surface area contributed by atoms with Crippen LogP contribution >= 0.6 is 0 Å². The van der Waals surface area contributed by atoms with Gasteiger partial charge in [0, 0.05) is 13.0 Å². The zero-order valence-corrected chi connectivity index (χ0v) is 24.3. The normalized spacial score (nSPS) is 16.2. The molecule has 236 valence electrons. The summed E-state index contributed by atoms with van der Waals surface area (Å²) in [4.78, 5) is 76.0. The van der Waals surface area contributed by atoms with Crippen LogP contribution in [-0.4, -0.2) is 94.4 Å². The minimum atomic E-state index is -1.11. The van der Waals surface area contributed by atoms with Crippen LogP contribution in [0.2, 0.25) is 0 Å². The number of nitrogens with zero attached hydrogens (tertiary/aromatic N) is 1. The molecule has 3 rings (SSSR count). The van der Waals surface area contributed by atoms with E-state index in [1.54, 1.807) is 42.5 Å². The van der Waals surface area contributed by atoms with E-state index in [1.807, 2.05) is 0 Å². The molecule has 0 bridgehead atoms. The van der Waals surface area contributed by atoms with Crippen LogP contribution in [0.1, 0.15) is 30.9 Å². The molecular formula is C30H38N6O8. The average Bonchev–Trinajstić information content (AvgIpc) is 3.50. The Labute approximate surface area is 254 Å². The van der Waals surface area contributed by atoms with Gasteiger partial charge in [-0.1, -0.05) is 42.5 Å². The first-order chi connectivity index (χ1) is 20.9. The van der Waals surface area contributed by atoms with Gasteiger partial charge in [0.25, 0.3) is 0 Å². The summed E-state index contributed by atoms with van der Waals surface area (Å²) in [5, 5.41) is 28.7. The van der Waals surface area contributed by atoms with Gasteiger partial charge in [0.15, 0.2) is 0 Å². The molecular weight excluding hydrogens is 572 g/mol. The third kappa shape index (κ3) is 10.1. The molecule has 4 atom stereocenters. The maximum absolute atomic E-state index is 13.2. The number of phenols is 1. The fourth-order valence-electron chi connectivity index (χ4n) is 4.73. The predicted octanol–water partition coefficient (Wildman–Crippen LogP) is -1.20. The Morgan fingerprint density at radius 2 is 1.50 bits per heavy atom. The summed E-state index contributed by atoms with van der Waals surface area (Å²) in [6, 6.07) is 11.0. The number of aromatic hydroxyl groups is 1. The van der Waals surface area contributed by atoms with Gasteiger partial charge in [-0.05, 0) is 49.4 Å². The number of carboxylic acid groups (broad SMARTS) is 1. The van der Waals surface area contributed by atoms with Gasteiger partial charge in [0.2, 0.25) is 29.5 Å². The van der Waals surface area contributed by atoms with E-state index in [4.69, 9.17) is 5.73 Å². The van der Waals surface area contributed by atoms with E-state index in [9.17, 15) is 39.0 Å². The van der Waals surface area contributed by atoms with Crippen LogP contribution in [0.3, 0.4) is 0 Å². The zero-order valence-electron chi connectivity index (χ0n) is 24.3. The van der Waals surface area contributed by atoms with Crippen LogP contribution in [0.25, 0.3) is 0 Å². The van der Waals surface area contributed by atoms with Gasteiger partial charge in [-0.15, -0.1) is 0 Å². The van der Waals surface area contributed by atoms with Gasteiger partial charge in [0.05, 0.1) is 19.1 Å². The molecule has 0 aromatic heterocycles. The smallest absolute Gasteiger partial charge is 0.326 e. The lowest BCUT2D eigenvalue weighted by atomic mass is 10.0. The minimum Gasteiger partial charge on any atom is -0.508 e. The lowest BCUT2D eigenvalue weighted by Gasteiger charge is -2.27. The Balaban J connectivity index is 1.51. The second-order valence-corrected chi connectivity index (χ2v) is 10.5. The highest BCUT2D eigenvalue weighted by Crippen LogP contribution is 2.18. The minimum absolute atomic E-state index is 0.0809. The Morgan fingerprint density at radius 3 is 2.16 bits per heavy atom. The molecule has 44 heavy (non-hydrogen) atoms. The quantitative estimate of drug-likeness (QED) is 0.136. The molecule has 1 heterocycles. The molecule has 14 nitrogen and oxygen atoms in total. The highest BCUT2D eigenvalue weighted by atomic mass is 16.4. The number of carbonyl (C=O) groups excluding carboxylic acids is 5. The van der Waals surface area contributed by atoms with E-state index in [-0.39, 0.29) is 25.1 Å². The van der Waals surface area contributed by atoms with Crippen LogP contribution in [0.4, 0.5) is 0 Å². The summed E-state index contributed by atoms with van der Waals surface area (Å²) in [5.74, 6) is -4.15. The van der Waals surface area contributed by atoms with Crippen molar-refractivity contribution in [3.63, 3.8) is 0 Å². The fraction of sp³-hybridized carbons (Fsp3) is 0.400. The van der Waals surface area contributed by atoms with Crippen molar-refractivity contribution in [3.05, 3.63) is 65.7 Å². The number of hydrogen-bond donors (Lipinski definition) is 7. The molecule has 0 aliphatic carbocycles. The zero-order chi connectivity index (χ0) is 32.2. The van der Waals surface area contributed by atoms with Crippen LogP contribution in [-0.2, 0) is 41.6 Å². The van der Waals surface area contributed by atoms with E-state index in [0.29, 0.717) is 12.8 Å². The highest BCUT2D eigenvalue weighted by molar-refractivity contribution is 5.94. The third-order valence-electron chi connectivity index (χ3n) is 7.08. The van der Waals surface area contributed by atoms with Gasteiger partial charge in [-0.3, -0.25) is 24.0 Å². The highest BCUT2D eigenvalue weighted by Gasteiger charge is 2.37. The van der Waals surface area contributed by atoms with Gasteiger partial charge in [0.1, 0.15) is 23.9 Å². The molecule has 1 fully saturated rings. The largest absolute Gasteiger partial charge is 0.508 e. The summed E-state index contributed by atoms with van der Waals surface area (Å²) < 4.78 is 0. The summed E-state index contributed by atoms with van der Waals surface area (Å²) in [6.45, 7) is 0.793. The van der Waals surface area contributed by atoms with Gasteiger partial charge < -0.3 is 42.1 Å². The molecule has 0 radical (unpaired) electrons. The average molecular weight is 611 g/mol. The van der Waals surface area contributed by atoms with E-state index in [1.165, 1.54) is 24.0 Å². The third-order valence-corrected chi connectivity index (χ3v) is 7.08. The van der Waals surface area contributed by atoms with Gasteiger partial charge in [-0.25, -0.2) is 4.79 Å². The molecule has 0 saturated carbocycles. The second kappa shape index (κ2) is 16.0. The molecule has 1 aliphatic heterocycles. The van der Waals surface area contributed by atoms with E-state index < -0.39 is 72.8 Å². The molecule has 0 spiro atoms. The van der Waals surface area contributed by atoms with Crippen molar-refractivity contribution in [2.45, 2.75) is 56.8 Å². The topological polar surface area (TPSA) is 220 Å². The van der Waals surface area contributed by atoms with Crippen molar-refractivity contribution in [1.29, 1.82) is 0 Å². The number of hydrogen-bond acceptors (Lipinski definition) is 8. The van der Waals surface area contributed by atoms with Crippen molar-refractivity contribution in [2.75, 3.05) is 19.6 Å². The first-order valence-corrected chi connectivity index (χ1v) is 14.2. The van der Waals surface area contributed by atoms with Gasteiger partial charge in [-0.2, -0.15) is 0 Å². The molecule has 2 aromatic rings. The lowest BCUT2D eigenvalue weighted by molar-refractivity contribution is -0.149. The maximum atomic E-state index is 13.2. The summed E-state index contributed by atoms with van der Waals surface area (Å²) in [7, 11) is 0. The standard InChI is InChI=1S/C30H38N6O8/c1-18(29(42)36-13-5-8-24(36)30(43)44)34-28(41)23(15-19-6-3-2-4-7-19)35-26(39)17-32-25(38)16-33-27(40)22(31)14-20-9-11-21(37)12-10-20/h2-4,6-7,9-12,18,22-24,37H,5,8,13-17,31H2,1H3,(H,32,38)(H,33,40)(H,34,41)(H,35,39)(H,43,44)/t18-,22-,23-,24-/m0/s1. The fourth-order valence-corrected chi connectivity index (χ4v) is 4.73. The number of aliphatic carboxylic acids is 1. The Hall–Kier alpha value is -4.98. The predicted molar refractivity (Wildman–Crippen MR) is 158 cm³/mol. The van der Waals surface area contributed by atoms with E-state index >= 15 is 0 Å². The summed E-state index contributed by atoms with van der Waals surface area (Å²) >= 11 is 0. The molecule has 0 unspecified atom stereocenters. The van der Waals surface area contributed by atoms with Gasteiger partial charge >= 0.3 is 5.97 Å². The number of benzene rings is 2. The van der Waals surface area contributed by atoms with Crippen molar-refractivity contribution < 1.29 is 39.0 Å². The van der Waals surface area contributed by atoms with Crippen LogP contribution in [0.15, 0.2) is 54.6 Å². The van der Waals surface area contributed by atoms with Crippen LogP contribution in [0.5, 0.6) is 5.75 Å². The summed E-state index contributed by atoms with van der Waals surface area (Å²) in [6.07, 6.45) is 1.14. The van der Waals surface area contributed by atoms with Crippen molar-refractivity contribution in [3.8, 4) is 5.75 Å². The monoisotopic (exact) mass is 610 g/mol. The van der Waals surface area contributed by atoms with Crippen LogP contribution in [0, 0.1) is 0 Å². The maximum Gasteiger partial charge on any atom is 0.326 e. The molecule has 1 saturated heterocycles. The summed E-state index contributed by atoms with van der Waals surface area (Å²) in [5.41, 5.74) is 7.34. The molecule has 1 aliphatic rings. The van der Waals surface area contributed by atoms with Crippen LogP contribution < -0.4 is 27.0 Å².